The maximum Gasteiger partial charge on any atom is 0.240 e. The number of carbonyl (C=O) groups is 3. The van der Waals surface area contributed by atoms with Crippen molar-refractivity contribution in [1.29, 1.82) is 0 Å². The molecule has 3 saturated carbocycles. The van der Waals surface area contributed by atoms with Crippen molar-refractivity contribution in [2.75, 3.05) is 26.2 Å². The second kappa shape index (κ2) is 15.4. The van der Waals surface area contributed by atoms with Crippen LogP contribution < -0.4 is 9.46 Å². The number of hydrogen-bond acceptors (Lipinski definition) is 9. The van der Waals surface area contributed by atoms with Gasteiger partial charge in [-0.05, 0) is 94.3 Å². The summed E-state index contributed by atoms with van der Waals surface area (Å²) in [6.07, 6.45) is 14.9. The summed E-state index contributed by atoms with van der Waals surface area (Å²) in [5.74, 6) is -0.577. The van der Waals surface area contributed by atoms with Gasteiger partial charge >= 0.3 is 0 Å². The lowest BCUT2D eigenvalue weighted by Crippen LogP contribution is -2.45. The zero-order valence-electron chi connectivity index (χ0n) is 31.1. The normalized spacial score (nSPS) is 31.7. The Morgan fingerprint density at radius 3 is 2.54 bits per heavy atom. The van der Waals surface area contributed by atoms with Crippen molar-refractivity contribution in [3.05, 3.63) is 48.7 Å². The minimum Gasteiger partial charge on any atom is -0.471 e. The van der Waals surface area contributed by atoms with Crippen LogP contribution in [-0.2, 0) is 29.1 Å². The maximum absolute atomic E-state index is 14.9. The first kappa shape index (κ1) is 37.1. The third kappa shape index (κ3) is 7.80. The minimum absolute atomic E-state index is 0.00567. The Kier molecular flexibility index (Phi) is 10.6. The van der Waals surface area contributed by atoms with Crippen LogP contribution in [0, 0.1) is 23.2 Å². The molecule has 6 atom stereocenters. The first-order chi connectivity index (χ1) is 26.1. The highest BCUT2D eigenvalue weighted by molar-refractivity contribution is 7.90. The number of benzene rings is 1. The summed E-state index contributed by atoms with van der Waals surface area (Å²) < 4.78 is 40.9. The molecule has 0 unspecified atom stereocenters. The van der Waals surface area contributed by atoms with Gasteiger partial charge in [-0.1, -0.05) is 37.1 Å². The van der Waals surface area contributed by atoms with Crippen LogP contribution in [-0.4, -0.2) is 95.6 Å². The van der Waals surface area contributed by atoms with Gasteiger partial charge in [-0.3, -0.25) is 19.1 Å². The summed E-state index contributed by atoms with van der Waals surface area (Å²) in [6.45, 7) is 6.03. The Labute approximate surface area is 318 Å². The van der Waals surface area contributed by atoms with Gasteiger partial charge in [0.05, 0.1) is 34.3 Å². The Balaban J connectivity index is 1.10. The van der Waals surface area contributed by atoms with Gasteiger partial charge in [0.15, 0.2) is 0 Å². The molecule has 2 aromatic rings. The lowest BCUT2D eigenvalue weighted by Gasteiger charge is -2.32. The number of fused-ring (bicyclic) bond motifs is 6. The van der Waals surface area contributed by atoms with E-state index < -0.39 is 38.6 Å². The fourth-order valence-electron chi connectivity index (χ4n) is 9.36. The summed E-state index contributed by atoms with van der Waals surface area (Å²) in [5, 5.41) is -0.504. The van der Waals surface area contributed by atoms with E-state index in [0.29, 0.717) is 81.9 Å². The molecular formula is C41H53N5O7S. The second-order valence-corrected chi connectivity index (χ2v) is 18.4. The molecule has 0 radical (unpaired) electrons. The van der Waals surface area contributed by atoms with Gasteiger partial charge < -0.3 is 19.3 Å². The Hall–Kier alpha value is -3.84. The molecular weight excluding hydrogens is 707 g/mol. The smallest absolute Gasteiger partial charge is 0.240 e. The van der Waals surface area contributed by atoms with Crippen LogP contribution in [0.4, 0.5) is 0 Å². The fourth-order valence-corrected chi connectivity index (χ4v) is 10.7. The molecule has 1 aromatic carbocycles. The highest BCUT2D eigenvalue weighted by Crippen LogP contribution is 2.57. The van der Waals surface area contributed by atoms with Crippen molar-refractivity contribution in [3.8, 4) is 5.88 Å². The standard InChI is InChI=1S/C41H53N5O7S/c1-2-28-24-41(28,40(49)44-54(50,51)32-15-16-32)19-17-29-22-31-26-46(29)39(48)33(27-10-5-6-11-27)23-37(47)45-20-18-30(25-45)52-21-9-3-4-14-36-38(53-31)43-35-13-8-7-12-34(35)42-36/h2,4,7-8,12-14,27-33H,1,3,5-6,9-11,15-26H2,(H,44,49)/b14-4+/t28-,29-,30+,31-,33+,41+/m1/s1. The summed E-state index contributed by atoms with van der Waals surface area (Å²) in [5.41, 5.74) is 1.20. The molecule has 3 amide bonds. The number of ether oxygens (including phenoxy) is 2. The molecule has 8 rings (SSSR count). The van der Waals surface area contributed by atoms with E-state index in [1.54, 1.807) is 6.08 Å². The van der Waals surface area contributed by atoms with E-state index in [-0.39, 0.29) is 42.2 Å². The van der Waals surface area contributed by atoms with Crippen molar-refractivity contribution in [2.45, 2.75) is 113 Å². The molecule has 12 nitrogen and oxygen atoms in total. The van der Waals surface area contributed by atoms with Crippen LogP contribution in [0.5, 0.6) is 5.88 Å². The molecule has 290 valence electrons. The average molecular weight is 760 g/mol. The number of sulfonamides is 1. The van der Waals surface area contributed by atoms with Gasteiger partial charge in [-0.25, -0.2) is 18.4 Å². The summed E-state index contributed by atoms with van der Waals surface area (Å²) in [4.78, 5) is 56.1. The van der Waals surface area contributed by atoms with Gasteiger partial charge in [0.1, 0.15) is 11.8 Å². The number of amides is 3. The SMILES string of the molecule is C=C[C@@H]1C[C@]1(CC[C@@H]1C[C@@H]2CN1C(=O)[C@H](C1CCCC1)CC(=O)N1CC[C@@H](C1)OCCC/C=C/c1nc3ccccc3nc1O2)C(=O)NS(=O)(=O)C1CC1. The van der Waals surface area contributed by atoms with Crippen LogP contribution in [0.25, 0.3) is 17.1 Å². The summed E-state index contributed by atoms with van der Waals surface area (Å²) >= 11 is 0. The van der Waals surface area contributed by atoms with E-state index >= 15 is 0 Å². The van der Waals surface area contributed by atoms with Gasteiger partial charge in [0.2, 0.25) is 33.6 Å². The third-order valence-electron chi connectivity index (χ3n) is 12.8. The van der Waals surface area contributed by atoms with E-state index in [2.05, 4.69) is 17.4 Å². The predicted octanol–water partition coefficient (Wildman–Crippen LogP) is 5.18. The molecule has 54 heavy (non-hydrogen) atoms. The van der Waals surface area contributed by atoms with Crippen LogP contribution >= 0.6 is 0 Å². The number of nitrogens with one attached hydrogen (secondary N) is 1. The van der Waals surface area contributed by atoms with E-state index in [1.165, 1.54) is 0 Å². The van der Waals surface area contributed by atoms with Crippen molar-refractivity contribution < 1.29 is 32.3 Å². The first-order valence-corrected chi connectivity index (χ1v) is 21.7. The zero-order valence-corrected chi connectivity index (χ0v) is 31.9. The molecule has 2 saturated heterocycles. The molecule has 4 bridgehead atoms. The third-order valence-corrected chi connectivity index (χ3v) is 14.6. The maximum atomic E-state index is 14.9. The van der Waals surface area contributed by atoms with Crippen LogP contribution in [0.15, 0.2) is 43.0 Å². The van der Waals surface area contributed by atoms with Crippen molar-refractivity contribution in [3.63, 3.8) is 0 Å². The second-order valence-electron chi connectivity index (χ2n) is 16.5. The highest BCUT2D eigenvalue weighted by atomic mass is 32.2. The monoisotopic (exact) mass is 759 g/mol. The molecule has 1 aromatic heterocycles. The largest absolute Gasteiger partial charge is 0.471 e. The Bertz CT molecular complexity index is 1910. The van der Waals surface area contributed by atoms with Crippen molar-refractivity contribution >= 4 is 44.9 Å². The van der Waals surface area contributed by atoms with Crippen molar-refractivity contribution in [1.82, 2.24) is 24.5 Å². The molecule has 0 spiro atoms. The summed E-state index contributed by atoms with van der Waals surface area (Å²) in [6, 6.07) is 7.40. The van der Waals surface area contributed by atoms with Crippen LogP contribution in [0.3, 0.4) is 0 Å². The minimum atomic E-state index is -3.71. The number of aromatic nitrogens is 2. The molecule has 4 heterocycles. The molecule has 1 N–H and O–H groups in total. The number of nitrogens with zero attached hydrogens (tertiary/aromatic N) is 4. The lowest BCUT2D eigenvalue weighted by molar-refractivity contribution is -0.144. The van der Waals surface area contributed by atoms with Gasteiger partial charge in [0.25, 0.3) is 0 Å². The fraction of sp³-hybridized carbons (Fsp3) is 0.634. The van der Waals surface area contributed by atoms with E-state index in [4.69, 9.17) is 19.4 Å². The van der Waals surface area contributed by atoms with E-state index in [0.717, 1.165) is 50.5 Å². The number of para-hydroxylation sites is 2. The predicted molar refractivity (Wildman–Crippen MR) is 203 cm³/mol. The number of hydrogen-bond donors (Lipinski definition) is 1. The molecule has 3 aliphatic carbocycles. The molecule has 13 heteroatoms. The lowest BCUT2D eigenvalue weighted by atomic mass is 9.85. The van der Waals surface area contributed by atoms with E-state index in [9.17, 15) is 22.8 Å². The van der Waals surface area contributed by atoms with Crippen LogP contribution in [0.1, 0.15) is 95.6 Å². The van der Waals surface area contributed by atoms with Crippen LogP contribution in [0.2, 0.25) is 0 Å². The highest BCUT2D eigenvalue weighted by Gasteiger charge is 2.59. The number of allylic oxidation sites excluding steroid dienone is 2. The topological polar surface area (TPSA) is 148 Å². The summed E-state index contributed by atoms with van der Waals surface area (Å²) in [7, 11) is -3.71. The van der Waals surface area contributed by atoms with Crippen molar-refractivity contribution in [2.24, 2.45) is 23.2 Å². The van der Waals surface area contributed by atoms with Gasteiger partial charge in [-0.15, -0.1) is 6.58 Å². The number of carbonyl (C=O) groups excluding carboxylic acids is 3. The zero-order chi connectivity index (χ0) is 37.5. The molecule has 6 aliphatic rings. The van der Waals surface area contributed by atoms with Gasteiger partial charge in [0, 0.05) is 44.5 Å². The first-order valence-electron chi connectivity index (χ1n) is 20.1. The van der Waals surface area contributed by atoms with E-state index in [1.807, 2.05) is 40.1 Å². The molecule has 5 fully saturated rings. The van der Waals surface area contributed by atoms with Gasteiger partial charge in [-0.2, -0.15) is 0 Å². The number of rotatable bonds is 8. The Morgan fingerprint density at radius 1 is 1.02 bits per heavy atom. The molecule has 3 aliphatic heterocycles. The average Bonchev–Trinajstić information content (AvgIpc) is 3.95. The Morgan fingerprint density at radius 2 is 1.80 bits per heavy atom. The quantitative estimate of drug-likeness (QED) is 0.360.